The van der Waals surface area contributed by atoms with Gasteiger partial charge in [-0.1, -0.05) is 18.2 Å². The van der Waals surface area contributed by atoms with Gasteiger partial charge in [0, 0.05) is 43.2 Å². The summed E-state index contributed by atoms with van der Waals surface area (Å²) in [7, 11) is 3.36. The van der Waals surface area contributed by atoms with E-state index in [1.807, 2.05) is 24.3 Å². The molecule has 1 aliphatic heterocycles. The molecule has 1 N–H and O–H groups in total. The van der Waals surface area contributed by atoms with Gasteiger partial charge in [0.05, 0.1) is 11.4 Å². The van der Waals surface area contributed by atoms with Crippen LogP contribution in [0.5, 0.6) is 0 Å². The zero-order valence-electron chi connectivity index (χ0n) is 15.3. The van der Waals surface area contributed by atoms with Gasteiger partial charge in [0.2, 0.25) is 11.8 Å². The summed E-state index contributed by atoms with van der Waals surface area (Å²) in [6, 6.07) is 14.5. The lowest BCUT2D eigenvalue weighted by molar-refractivity contribution is -0.117. The molecule has 0 unspecified atom stereocenters. The number of nitrogens with zero attached hydrogens (tertiary/aromatic N) is 2. The van der Waals surface area contributed by atoms with Crippen molar-refractivity contribution < 1.29 is 14.4 Å². The zero-order valence-corrected chi connectivity index (χ0v) is 16.1. The third kappa shape index (κ3) is 4.49. The Balaban J connectivity index is 1.63. The average molecular weight is 383 g/mol. The number of hydrogen-bond acceptors (Lipinski definition) is 4. The van der Waals surface area contributed by atoms with Gasteiger partial charge < -0.3 is 15.1 Å². The van der Waals surface area contributed by atoms with Crippen LogP contribution in [0.1, 0.15) is 16.8 Å². The second-order valence-corrected chi connectivity index (χ2v) is 7.40. The third-order valence-electron chi connectivity index (χ3n) is 4.17. The molecule has 0 saturated heterocycles. The number of fused-ring (bicyclic) bond motifs is 1. The first-order valence-corrected chi connectivity index (χ1v) is 9.58. The summed E-state index contributed by atoms with van der Waals surface area (Å²) in [5.74, 6) is 0.0602. The van der Waals surface area contributed by atoms with E-state index in [1.165, 1.54) is 16.7 Å². The van der Waals surface area contributed by atoms with Crippen molar-refractivity contribution >= 4 is 40.9 Å². The van der Waals surface area contributed by atoms with Crippen LogP contribution in [0.15, 0.2) is 53.4 Å². The number of anilines is 2. The van der Waals surface area contributed by atoms with E-state index in [4.69, 9.17) is 0 Å². The van der Waals surface area contributed by atoms with Gasteiger partial charge >= 0.3 is 0 Å². The molecule has 2 aromatic carbocycles. The smallest absolute Gasteiger partial charge is 0.253 e. The number of para-hydroxylation sites is 1. The van der Waals surface area contributed by atoms with Crippen molar-refractivity contribution in [3.8, 4) is 0 Å². The van der Waals surface area contributed by atoms with Crippen LogP contribution in [-0.2, 0) is 9.59 Å². The first-order valence-electron chi connectivity index (χ1n) is 8.59. The minimum Gasteiger partial charge on any atom is -0.345 e. The molecule has 1 aliphatic rings. The monoisotopic (exact) mass is 383 g/mol. The number of benzene rings is 2. The highest BCUT2D eigenvalue weighted by Crippen LogP contribution is 2.34. The first-order chi connectivity index (χ1) is 13.0. The van der Waals surface area contributed by atoms with Crippen LogP contribution in [0.25, 0.3) is 0 Å². The Morgan fingerprint density at radius 1 is 1.15 bits per heavy atom. The molecule has 0 aromatic heterocycles. The molecule has 3 rings (SSSR count). The van der Waals surface area contributed by atoms with E-state index in [-0.39, 0.29) is 24.1 Å². The van der Waals surface area contributed by atoms with Crippen molar-refractivity contribution in [1.29, 1.82) is 0 Å². The van der Waals surface area contributed by atoms with E-state index in [0.29, 0.717) is 23.5 Å². The Hall–Kier alpha value is -2.80. The van der Waals surface area contributed by atoms with Gasteiger partial charge in [-0.05, 0) is 30.3 Å². The lowest BCUT2D eigenvalue weighted by Gasteiger charge is -2.28. The largest absolute Gasteiger partial charge is 0.345 e. The molecule has 3 amide bonds. The summed E-state index contributed by atoms with van der Waals surface area (Å²) < 4.78 is 0. The lowest BCUT2D eigenvalue weighted by Crippen LogP contribution is -2.37. The molecular formula is C20H21N3O3S. The van der Waals surface area contributed by atoms with Crippen LogP contribution < -0.4 is 10.2 Å². The highest BCUT2D eigenvalue weighted by molar-refractivity contribution is 8.00. The fourth-order valence-corrected chi connectivity index (χ4v) is 3.76. The summed E-state index contributed by atoms with van der Waals surface area (Å²) in [5, 5.41) is 2.80. The Morgan fingerprint density at radius 3 is 2.70 bits per heavy atom. The number of nitrogens with one attached hydrogen (secondary N) is 1. The molecule has 0 spiro atoms. The number of amides is 3. The van der Waals surface area contributed by atoms with Crippen LogP contribution in [0.2, 0.25) is 0 Å². The molecule has 140 valence electrons. The normalized spacial score (nSPS) is 13.1. The molecule has 2 aromatic rings. The molecule has 0 atom stereocenters. The molecule has 0 bridgehead atoms. The molecule has 0 radical (unpaired) electrons. The van der Waals surface area contributed by atoms with Gasteiger partial charge in [0.1, 0.15) is 0 Å². The molecule has 27 heavy (non-hydrogen) atoms. The topological polar surface area (TPSA) is 69.7 Å². The van der Waals surface area contributed by atoms with Gasteiger partial charge in [0.25, 0.3) is 5.91 Å². The lowest BCUT2D eigenvalue weighted by atomic mass is 10.1. The van der Waals surface area contributed by atoms with Gasteiger partial charge in [-0.15, -0.1) is 11.8 Å². The number of carbonyl (C=O) groups is 3. The predicted molar refractivity (Wildman–Crippen MR) is 107 cm³/mol. The van der Waals surface area contributed by atoms with Gasteiger partial charge in [0.15, 0.2) is 0 Å². The van der Waals surface area contributed by atoms with Crippen molar-refractivity contribution in [3.63, 3.8) is 0 Å². The van der Waals surface area contributed by atoms with Gasteiger partial charge in [-0.25, -0.2) is 0 Å². The van der Waals surface area contributed by atoms with Gasteiger partial charge in [-0.3, -0.25) is 14.4 Å². The van der Waals surface area contributed by atoms with Crippen molar-refractivity contribution in [2.24, 2.45) is 0 Å². The fraction of sp³-hybridized carbons (Fsp3) is 0.250. The first kappa shape index (κ1) is 19.0. The highest BCUT2D eigenvalue weighted by Gasteiger charge is 2.24. The maximum Gasteiger partial charge on any atom is 0.253 e. The third-order valence-corrected chi connectivity index (χ3v) is 5.22. The molecule has 0 saturated carbocycles. The quantitative estimate of drug-likeness (QED) is 0.862. The number of rotatable bonds is 5. The maximum atomic E-state index is 12.3. The fourth-order valence-electron chi connectivity index (χ4n) is 2.82. The summed E-state index contributed by atoms with van der Waals surface area (Å²) in [6.45, 7) is 0.318. The summed E-state index contributed by atoms with van der Waals surface area (Å²) in [6.07, 6.45) is 0.177. The minimum absolute atomic E-state index is 0.00470. The molecular weight excluding hydrogens is 362 g/mol. The van der Waals surface area contributed by atoms with E-state index in [2.05, 4.69) is 5.32 Å². The van der Waals surface area contributed by atoms with Crippen LogP contribution in [0.3, 0.4) is 0 Å². The molecule has 0 fully saturated rings. The van der Waals surface area contributed by atoms with Crippen molar-refractivity contribution in [3.05, 3.63) is 54.1 Å². The minimum atomic E-state index is -0.201. The maximum absolute atomic E-state index is 12.3. The molecule has 1 heterocycles. The molecule has 0 aliphatic carbocycles. The van der Waals surface area contributed by atoms with E-state index < -0.39 is 0 Å². The standard InChI is InChI=1S/C20H21N3O3S/c1-22(2)20(26)14-6-5-7-15(12-14)21-18(24)10-11-23-16-8-3-4-9-17(16)27-13-19(23)25/h3-9,12H,10-11,13H2,1-2H3,(H,21,24). The second-order valence-electron chi connectivity index (χ2n) is 6.38. The Morgan fingerprint density at radius 2 is 1.93 bits per heavy atom. The van der Waals surface area contributed by atoms with Crippen molar-refractivity contribution in [2.75, 3.05) is 36.6 Å². The van der Waals surface area contributed by atoms with Crippen LogP contribution in [0, 0.1) is 0 Å². The summed E-state index contributed by atoms with van der Waals surface area (Å²) in [5.41, 5.74) is 1.92. The van der Waals surface area contributed by atoms with E-state index in [0.717, 1.165) is 10.6 Å². The van der Waals surface area contributed by atoms with Crippen molar-refractivity contribution in [2.45, 2.75) is 11.3 Å². The van der Waals surface area contributed by atoms with E-state index in [9.17, 15) is 14.4 Å². The predicted octanol–water partition coefficient (Wildman–Crippen LogP) is 2.86. The Labute approximate surface area is 162 Å². The number of hydrogen-bond donors (Lipinski definition) is 1. The summed E-state index contributed by atoms with van der Waals surface area (Å²) >= 11 is 1.52. The zero-order chi connectivity index (χ0) is 19.4. The number of carbonyl (C=O) groups excluding carboxylic acids is 3. The summed E-state index contributed by atoms with van der Waals surface area (Å²) in [4.78, 5) is 40.8. The van der Waals surface area contributed by atoms with Crippen molar-refractivity contribution in [1.82, 2.24) is 4.90 Å². The van der Waals surface area contributed by atoms with E-state index in [1.54, 1.807) is 43.3 Å². The molecule has 6 nitrogen and oxygen atoms in total. The molecule has 7 heteroatoms. The number of thioether (sulfide) groups is 1. The van der Waals surface area contributed by atoms with Crippen LogP contribution in [0.4, 0.5) is 11.4 Å². The van der Waals surface area contributed by atoms with Crippen LogP contribution >= 0.6 is 11.8 Å². The Bertz CT molecular complexity index is 882. The Kier molecular flexibility index (Phi) is 5.81. The van der Waals surface area contributed by atoms with Crippen LogP contribution in [-0.4, -0.2) is 49.0 Å². The van der Waals surface area contributed by atoms with E-state index >= 15 is 0 Å². The second kappa shape index (κ2) is 8.26. The average Bonchev–Trinajstić information content (AvgIpc) is 2.66. The SMILES string of the molecule is CN(C)C(=O)c1cccc(NC(=O)CCN2C(=O)CSc3ccccc32)c1. The van der Waals surface area contributed by atoms with Gasteiger partial charge in [-0.2, -0.15) is 0 Å². The highest BCUT2D eigenvalue weighted by atomic mass is 32.2.